The SMILES string of the molecule is C=C/C=c1/sc(C2=c3sc(/C=C\C)c(C=C)c3=CC(C)C=C2)c(/C(=C/C)c2sc3ccccc3c2/C=C\C)/c1=C/C. The van der Waals surface area contributed by atoms with Crippen LogP contribution in [0.15, 0.2) is 73.9 Å². The zero-order valence-electron chi connectivity index (χ0n) is 24.5. The maximum atomic E-state index is 4.20. The van der Waals surface area contributed by atoms with Gasteiger partial charge in [-0.3, -0.25) is 0 Å². The minimum absolute atomic E-state index is 0.322. The molecule has 1 aliphatic rings. The Bertz CT molecular complexity index is 2020. The second-order valence-corrected chi connectivity index (χ2v) is 13.1. The van der Waals surface area contributed by atoms with Gasteiger partial charge in [-0.05, 0) is 73.4 Å². The van der Waals surface area contributed by atoms with Crippen LogP contribution in [0, 0.1) is 5.92 Å². The second-order valence-electron chi connectivity index (χ2n) is 9.94. The number of allylic oxidation sites excluding steroid dienone is 6. The summed E-state index contributed by atoms with van der Waals surface area (Å²) >= 11 is 5.61. The minimum Gasteiger partial charge on any atom is -0.135 e. The van der Waals surface area contributed by atoms with Crippen LogP contribution < -0.4 is 19.5 Å². The molecule has 5 rings (SSSR count). The van der Waals surface area contributed by atoms with Crippen molar-refractivity contribution in [3.05, 3.63) is 125 Å². The van der Waals surface area contributed by atoms with E-state index in [0.29, 0.717) is 5.92 Å². The lowest BCUT2D eigenvalue weighted by molar-refractivity contribution is 0.998. The first kappa shape index (κ1) is 29.0. The highest BCUT2D eigenvalue weighted by molar-refractivity contribution is 7.20. The van der Waals surface area contributed by atoms with Crippen molar-refractivity contribution in [2.45, 2.75) is 34.6 Å². The number of hydrogen-bond donors (Lipinski definition) is 0. The van der Waals surface area contributed by atoms with E-state index < -0.39 is 0 Å². The Morgan fingerprint density at radius 1 is 0.927 bits per heavy atom. The zero-order valence-corrected chi connectivity index (χ0v) is 26.9. The number of benzene rings is 1. The molecule has 3 heteroatoms. The average Bonchev–Trinajstić information content (AvgIpc) is 3.59. The molecule has 0 radical (unpaired) electrons. The monoisotopic (exact) mass is 588 g/mol. The summed E-state index contributed by atoms with van der Waals surface area (Å²) in [6.45, 7) is 19.0. The van der Waals surface area contributed by atoms with Crippen LogP contribution in [-0.2, 0) is 0 Å². The molecule has 0 aliphatic heterocycles. The number of thiophene rings is 3. The van der Waals surface area contributed by atoms with E-state index in [2.05, 4.69) is 133 Å². The minimum atomic E-state index is 0.322. The zero-order chi connectivity index (χ0) is 29.1. The fourth-order valence-electron chi connectivity index (χ4n) is 5.57. The van der Waals surface area contributed by atoms with Crippen LogP contribution in [0.3, 0.4) is 0 Å². The van der Waals surface area contributed by atoms with Gasteiger partial charge in [0.15, 0.2) is 0 Å². The molecule has 1 unspecified atom stereocenters. The van der Waals surface area contributed by atoms with E-state index >= 15 is 0 Å². The van der Waals surface area contributed by atoms with Crippen LogP contribution in [0.4, 0.5) is 0 Å². The second kappa shape index (κ2) is 12.6. The fraction of sp³-hybridized carbons (Fsp3) is 0.158. The molecule has 41 heavy (non-hydrogen) atoms. The molecule has 0 spiro atoms. The maximum absolute atomic E-state index is 4.20. The van der Waals surface area contributed by atoms with E-state index in [-0.39, 0.29) is 0 Å². The van der Waals surface area contributed by atoms with E-state index in [0.717, 1.165) is 0 Å². The third-order valence-corrected chi connectivity index (χ3v) is 11.0. The Balaban J connectivity index is 1.96. The summed E-state index contributed by atoms with van der Waals surface area (Å²) in [5, 5.41) is 3.86. The maximum Gasteiger partial charge on any atom is 0.0448 e. The van der Waals surface area contributed by atoms with Crippen molar-refractivity contribution in [1.29, 1.82) is 0 Å². The lowest BCUT2D eigenvalue weighted by atomic mass is 9.95. The molecule has 206 valence electrons. The van der Waals surface area contributed by atoms with E-state index in [1.165, 1.54) is 72.1 Å². The lowest BCUT2D eigenvalue weighted by Gasteiger charge is -2.11. The van der Waals surface area contributed by atoms with Gasteiger partial charge in [0.2, 0.25) is 0 Å². The van der Waals surface area contributed by atoms with Crippen molar-refractivity contribution >= 4 is 91.7 Å². The van der Waals surface area contributed by atoms with E-state index in [9.17, 15) is 0 Å². The van der Waals surface area contributed by atoms with Crippen LogP contribution in [0.5, 0.6) is 0 Å². The molecule has 0 saturated carbocycles. The molecule has 1 aromatic carbocycles. The van der Waals surface area contributed by atoms with Crippen LogP contribution in [0.1, 0.15) is 65.9 Å². The van der Waals surface area contributed by atoms with Crippen molar-refractivity contribution in [2.75, 3.05) is 0 Å². The molecular weight excluding hydrogens is 553 g/mol. The molecule has 4 aromatic rings. The molecule has 0 saturated heterocycles. The number of rotatable bonds is 7. The molecular formula is C38H36S3. The van der Waals surface area contributed by atoms with Crippen LogP contribution in [0.2, 0.25) is 0 Å². The van der Waals surface area contributed by atoms with E-state index in [1.54, 1.807) is 0 Å². The first-order chi connectivity index (χ1) is 20.0. The summed E-state index contributed by atoms with van der Waals surface area (Å²) in [7, 11) is 0. The van der Waals surface area contributed by atoms with Crippen LogP contribution >= 0.6 is 34.0 Å². The topological polar surface area (TPSA) is 0 Å². The Morgan fingerprint density at radius 2 is 1.71 bits per heavy atom. The average molecular weight is 589 g/mol. The van der Waals surface area contributed by atoms with Gasteiger partial charge >= 0.3 is 0 Å². The normalized spacial score (nSPS) is 16.7. The Kier molecular flexibility index (Phi) is 8.89. The third kappa shape index (κ3) is 5.19. The molecule has 0 nitrogen and oxygen atoms in total. The van der Waals surface area contributed by atoms with Gasteiger partial charge in [-0.25, -0.2) is 0 Å². The predicted molar refractivity (Wildman–Crippen MR) is 191 cm³/mol. The van der Waals surface area contributed by atoms with Crippen molar-refractivity contribution in [1.82, 2.24) is 0 Å². The summed E-state index contributed by atoms with van der Waals surface area (Å²) < 4.78 is 3.85. The highest BCUT2D eigenvalue weighted by atomic mass is 32.1. The van der Waals surface area contributed by atoms with Gasteiger partial charge in [0.25, 0.3) is 0 Å². The number of hydrogen-bond acceptors (Lipinski definition) is 3. The largest absolute Gasteiger partial charge is 0.135 e. The van der Waals surface area contributed by atoms with Crippen LogP contribution in [0.25, 0.3) is 57.7 Å². The predicted octanol–water partition coefficient (Wildman–Crippen LogP) is 9.14. The van der Waals surface area contributed by atoms with Crippen molar-refractivity contribution in [3.63, 3.8) is 0 Å². The van der Waals surface area contributed by atoms with Crippen molar-refractivity contribution in [3.8, 4) is 0 Å². The smallest absolute Gasteiger partial charge is 0.0448 e. The Labute approximate surface area is 255 Å². The quantitative estimate of drug-likeness (QED) is 0.202. The van der Waals surface area contributed by atoms with E-state index in [4.69, 9.17) is 0 Å². The van der Waals surface area contributed by atoms with Gasteiger partial charge in [-0.2, -0.15) is 0 Å². The fourth-order valence-corrected chi connectivity index (χ4v) is 9.52. The summed E-state index contributed by atoms with van der Waals surface area (Å²) in [5.74, 6) is 0.322. The van der Waals surface area contributed by atoms with Crippen molar-refractivity contribution < 1.29 is 0 Å². The lowest BCUT2D eigenvalue weighted by Crippen LogP contribution is -2.24. The van der Waals surface area contributed by atoms with Crippen LogP contribution in [-0.4, -0.2) is 0 Å². The van der Waals surface area contributed by atoms with Gasteiger partial charge in [0, 0.05) is 50.5 Å². The first-order valence-corrected chi connectivity index (χ1v) is 16.5. The standard InChI is InChI=1S/C38H36S3/c1-8-16-29-28-19-14-15-20-34(28)40-36(29)27(13-6)35-26(12-5)33(18-10-3)41-38(35)30-22-21-24(7)23-31-25(11-4)32(17-9-2)39-37(30)31/h8-24H,3-4H2,1-2,5-7H3/b16-8-,17-9-,26-12+,27-13-,33-18+. The van der Waals surface area contributed by atoms with Gasteiger partial charge in [0.1, 0.15) is 0 Å². The summed E-state index contributed by atoms with van der Waals surface area (Å²) in [5.41, 5.74) is 6.37. The van der Waals surface area contributed by atoms with E-state index in [1.807, 2.05) is 46.2 Å². The van der Waals surface area contributed by atoms with Gasteiger partial charge in [-0.15, -0.1) is 34.0 Å². The van der Waals surface area contributed by atoms with Crippen molar-refractivity contribution in [2.24, 2.45) is 5.92 Å². The molecule has 0 fully saturated rings. The number of fused-ring (bicyclic) bond motifs is 2. The van der Waals surface area contributed by atoms with Gasteiger partial charge in [0.05, 0.1) is 0 Å². The van der Waals surface area contributed by atoms with Gasteiger partial charge < -0.3 is 0 Å². The summed E-state index contributed by atoms with van der Waals surface area (Å²) in [4.78, 5) is 3.87. The van der Waals surface area contributed by atoms with Gasteiger partial charge in [-0.1, -0.05) is 99.0 Å². The highest BCUT2D eigenvalue weighted by Crippen LogP contribution is 2.41. The first-order valence-electron chi connectivity index (χ1n) is 14.1. The molecule has 3 heterocycles. The molecule has 0 bridgehead atoms. The Hall–Kier alpha value is -3.50. The summed E-state index contributed by atoms with van der Waals surface area (Å²) in [6.07, 6.45) is 26.5. The molecule has 0 N–H and O–H groups in total. The molecule has 1 atom stereocenters. The summed E-state index contributed by atoms with van der Waals surface area (Å²) in [6, 6.07) is 8.76. The molecule has 3 aromatic heterocycles. The third-order valence-electron chi connectivity index (χ3n) is 7.32. The molecule has 1 aliphatic carbocycles. The highest BCUT2D eigenvalue weighted by Gasteiger charge is 2.23. The molecule has 0 amide bonds. The Morgan fingerprint density at radius 3 is 2.39 bits per heavy atom.